The normalized spacial score (nSPS) is 11.8. The number of hydrogen-bond acceptors (Lipinski definition) is 7. The lowest BCUT2D eigenvalue weighted by Gasteiger charge is -2.24. The van der Waals surface area contributed by atoms with Crippen molar-refractivity contribution in [2.45, 2.75) is 25.3 Å². The highest BCUT2D eigenvalue weighted by Crippen LogP contribution is 2.32. The molecule has 0 unspecified atom stereocenters. The Bertz CT molecular complexity index is 1290. The molecule has 0 aliphatic heterocycles. The number of benzene rings is 3. The van der Waals surface area contributed by atoms with E-state index in [1.54, 1.807) is 36.4 Å². The molecule has 3 rings (SSSR count). The molecule has 0 aromatic heterocycles. The largest absolute Gasteiger partial charge is 0.488 e. The Morgan fingerprint density at radius 2 is 1.63 bits per heavy atom. The molecule has 3 aromatic carbocycles. The van der Waals surface area contributed by atoms with Crippen LogP contribution >= 0.6 is 0 Å². The van der Waals surface area contributed by atoms with E-state index in [-0.39, 0.29) is 29.4 Å². The van der Waals surface area contributed by atoms with E-state index in [1.165, 1.54) is 12.1 Å². The minimum absolute atomic E-state index is 0.0531. The van der Waals surface area contributed by atoms with Crippen molar-refractivity contribution in [2.24, 2.45) is 5.92 Å². The molecular weight excluding hydrogens is 467 g/mol. The van der Waals surface area contributed by atoms with Crippen LogP contribution in [0.15, 0.2) is 65.6 Å². The summed E-state index contributed by atoms with van der Waals surface area (Å²) in [6, 6.07) is 16.9. The third-order valence-corrected chi connectivity index (χ3v) is 7.37. The molecule has 2 N–H and O–H groups in total. The van der Waals surface area contributed by atoms with Crippen LogP contribution in [-0.2, 0) is 26.1 Å². The predicted octanol–water partition coefficient (Wildman–Crippen LogP) is 1.98. The Kier molecular flexibility index (Phi) is 8.55. The van der Waals surface area contributed by atoms with Gasteiger partial charge in [-0.15, -0.1) is 0 Å². The van der Waals surface area contributed by atoms with Gasteiger partial charge in [0.2, 0.25) is 10.0 Å². The zero-order chi connectivity index (χ0) is 25.8. The molecule has 0 aliphatic carbocycles. The van der Waals surface area contributed by atoms with Gasteiger partial charge in [-0.05, 0) is 29.1 Å². The van der Waals surface area contributed by atoms with Gasteiger partial charge in [-0.3, -0.25) is 4.79 Å². The van der Waals surface area contributed by atoms with E-state index >= 15 is 0 Å². The maximum absolute atomic E-state index is 14.0. The molecule has 35 heavy (non-hydrogen) atoms. The summed E-state index contributed by atoms with van der Waals surface area (Å²) in [4.78, 5) is 14.6. The van der Waals surface area contributed by atoms with Crippen molar-refractivity contribution in [3.05, 3.63) is 66.2 Å². The first-order valence-corrected chi connectivity index (χ1v) is 12.7. The molecule has 0 saturated carbocycles. The van der Waals surface area contributed by atoms with E-state index in [0.717, 1.165) is 15.4 Å². The topological polar surface area (TPSA) is 107 Å². The maximum Gasteiger partial charge on any atom is 0.488 e. The first kappa shape index (κ1) is 26.7. The Labute approximate surface area is 206 Å². The second-order valence-electron chi connectivity index (χ2n) is 8.95. The summed E-state index contributed by atoms with van der Waals surface area (Å²) in [6.07, 6.45) is 0. The summed E-state index contributed by atoms with van der Waals surface area (Å²) in [6.45, 7) is 3.18. The number of carbonyl (C=O) groups excluding carboxylic acids is 1. The Morgan fingerprint density at radius 1 is 0.971 bits per heavy atom. The summed E-state index contributed by atoms with van der Waals surface area (Å²) in [5.74, 6) is -0.588. The smallest absolute Gasteiger partial charge is 0.464 e. The first-order chi connectivity index (χ1) is 16.5. The van der Waals surface area contributed by atoms with Gasteiger partial charge in [0.05, 0.1) is 11.5 Å². The molecule has 0 atom stereocenters. The number of ether oxygens (including phenoxy) is 1. The van der Waals surface area contributed by atoms with Crippen LogP contribution in [0.3, 0.4) is 0 Å². The van der Waals surface area contributed by atoms with Crippen LogP contribution in [0.4, 0.5) is 5.69 Å². The van der Waals surface area contributed by atoms with Gasteiger partial charge in [-0.2, -0.15) is 4.31 Å². The lowest BCUT2D eigenvalue weighted by Crippen LogP contribution is -2.40. The maximum atomic E-state index is 14.0. The van der Waals surface area contributed by atoms with Crippen molar-refractivity contribution in [1.82, 2.24) is 4.31 Å². The molecule has 10 heteroatoms. The summed E-state index contributed by atoms with van der Waals surface area (Å²) in [7, 11) is -2.22. The van der Waals surface area contributed by atoms with Gasteiger partial charge in [-0.25, -0.2) is 8.42 Å². The predicted molar refractivity (Wildman–Crippen MR) is 138 cm³/mol. The highest BCUT2D eigenvalue weighted by Gasteiger charge is 2.31. The Balaban J connectivity index is 2.10. The zero-order valence-electron chi connectivity index (χ0n) is 20.4. The highest BCUT2D eigenvalue weighted by molar-refractivity contribution is 7.89. The summed E-state index contributed by atoms with van der Waals surface area (Å²) >= 11 is 0. The number of sulfonamides is 1. The van der Waals surface area contributed by atoms with Crippen LogP contribution in [0.5, 0.6) is 0 Å². The molecule has 8 nitrogen and oxygen atoms in total. The lowest BCUT2D eigenvalue weighted by molar-refractivity contribution is -0.145. The third kappa shape index (κ3) is 6.21. The quantitative estimate of drug-likeness (QED) is 0.325. The summed E-state index contributed by atoms with van der Waals surface area (Å²) < 4.78 is 34.2. The second-order valence-corrected chi connectivity index (χ2v) is 10.9. The second kappa shape index (κ2) is 11.2. The molecule has 0 bridgehead atoms. The van der Waals surface area contributed by atoms with Gasteiger partial charge in [0.25, 0.3) is 0 Å². The van der Waals surface area contributed by atoms with Crippen molar-refractivity contribution < 1.29 is 28.0 Å². The summed E-state index contributed by atoms with van der Waals surface area (Å²) in [5, 5.41) is 20.8. The third-order valence-electron chi connectivity index (χ3n) is 5.52. The van der Waals surface area contributed by atoms with E-state index in [9.17, 15) is 23.3 Å². The fourth-order valence-corrected chi connectivity index (χ4v) is 5.38. The van der Waals surface area contributed by atoms with Crippen molar-refractivity contribution in [1.29, 1.82) is 0 Å². The van der Waals surface area contributed by atoms with Gasteiger partial charge in [0.15, 0.2) is 0 Å². The lowest BCUT2D eigenvalue weighted by atomic mass is 9.77. The van der Waals surface area contributed by atoms with E-state index in [2.05, 4.69) is 0 Å². The van der Waals surface area contributed by atoms with Gasteiger partial charge in [-0.1, -0.05) is 62.4 Å². The molecular formula is C25H31BN2O6S. The average Bonchev–Trinajstić information content (AvgIpc) is 2.81. The van der Waals surface area contributed by atoms with Crippen LogP contribution in [0, 0.1) is 5.92 Å². The van der Waals surface area contributed by atoms with E-state index in [1.807, 2.05) is 45.0 Å². The van der Waals surface area contributed by atoms with Gasteiger partial charge >= 0.3 is 13.1 Å². The molecule has 186 valence electrons. The number of nitrogens with zero attached hydrogens (tertiary/aromatic N) is 2. The van der Waals surface area contributed by atoms with Crippen LogP contribution in [0.1, 0.15) is 19.4 Å². The van der Waals surface area contributed by atoms with E-state index in [0.29, 0.717) is 10.9 Å². The molecule has 0 amide bonds. The minimum atomic E-state index is -4.19. The number of fused-ring (bicyclic) bond motifs is 1. The fourth-order valence-electron chi connectivity index (χ4n) is 3.81. The molecule has 0 fully saturated rings. The van der Waals surface area contributed by atoms with Gasteiger partial charge in [0.1, 0.15) is 6.54 Å². The molecule has 0 saturated heterocycles. The van der Waals surface area contributed by atoms with Gasteiger partial charge in [0, 0.05) is 37.1 Å². The number of esters is 1. The number of hydrogen-bond donors (Lipinski definition) is 2. The summed E-state index contributed by atoms with van der Waals surface area (Å²) in [5.41, 5.74) is 1.39. The number of carbonyl (C=O) groups is 1. The van der Waals surface area contributed by atoms with Crippen LogP contribution < -0.4 is 10.4 Å². The highest BCUT2D eigenvalue weighted by atomic mass is 32.2. The zero-order valence-corrected chi connectivity index (χ0v) is 21.2. The molecule has 0 heterocycles. The Hall–Kier alpha value is -2.92. The first-order valence-electron chi connectivity index (χ1n) is 11.3. The van der Waals surface area contributed by atoms with Crippen LogP contribution in [0.2, 0.25) is 0 Å². The molecule has 0 aliphatic rings. The minimum Gasteiger partial charge on any atom is -0.464 e. The van der Waals surface area contributed by atoms with Crippen molar-refractivity contribution in [3.8, 4) is 0 Å². The monoisotopic (exact) mass is 498 g/mol. The van der Waals surface area contributed by atoms with Crippen molar-refractivity contribution in [2.75, 3.05) is 32.1 Å². The average molecular weight is 498 g/mol. The Morgan fingerprint density at radius 3 is 2.29 bits per heavy atom. The van der Waals surface area contributed by atoms with Crippen molar-refractivity contribution >= 4 is 45.0 Å². The number of rotatable bonds is 10. The molecule has 0 spiro atoms. The van der Waals surface area contributed by atoms with E-state index < -0.39 is 29.7 Å². The number of anilines is 1. The van der Waals surface area contributed by atoms with Crippen LogP contribution in [0.25, 0.3) is 10.8 Å². The molecule has 0 radical (unpaired) electrons. The molecule has 3 aromatic rings. The van der Waals surface area contributed by atoms with Crippen molar-refractivity contribution in [3.63, 3.8) is 0 Å². The van der Waals surface area contributed by atoms with Crippen LogP contribution in [-0.4, -0.2) is 63.1 Å². The fraction of sp³-hybridized carbons (Fsp3) is 0.320. The van der Waals surface area contributed by atoms with E-state index in [4.69, 9.17) is 4.74 Å². The SMILES string of the molecule is CC(C)COC(=O)CN(Cc1ccccc1B(O)O)S(=O)(=O)c1cccc2c(N(C)C)cccc12. The standard InChI is InChI=1S/C25H31BN2O6S/c1-18(2)17-34-25(29)16-28(15-19-9-5-6-12-22(19)26(30)31)35(32,33)24-14-8-10-20-21(24)11-7-13-23(20)27(3)4/h5-14,18,30-31H,15-17H2,1-4H3. The van der Waals surface area contributed by atoms with Gasteiger partial charge < -0.3 is 19.7 Å².